The number of nitro benzene ring substituents is 1. The molecule has 6 nitrogen and oxygen atoms in total. The molecule has 1 rings (SSSR count). The minimum Gasteiger partial charge on any atom is -0.395 e. The lowest BCUT2D eigenvalue weighted by atomic mass is 10.1. The Morgan fingerprint density at radius 2 is 2.26 bits per heavy atom. The summed E-state index contributed by atoms with van der Waals surface area (Å²) in [5.74, 6) is -1.46. The van der Waals surface area contributed by atoms with Crippen molar-refractivity contribution in [3.8, 4) is 0 Å². The zero-order valence-electron chi connectivity index (χ0n) is 10.1. The van der Waals surface area contributed by atoms with Gasteiger partial charge in [0.1, 0.15) is 11.4 Å². The summed E-state index contributed by atoms with van der Waals surface area (Å²) in [5.41, 5.74) is -0.821. The highest BCUT2D eigenvalue weighted by atomic mass is 19.1. The number of nitrogens with zero attached hydrogens (tertiary/aromatic N) is 2. The Morgan fingerprint density at radius 1 is 1.58 bits per heavy atom. The highest BCUT2D eigenvalue weighted by Gasteiger charge is 2.24. The van der Waals surface area contributed by atoms with Gasteiger partial charge in [-0.05, 0) is 12.1 Å². The summed E-state index contributed by atoms with van der Waals surface area (Å²) in [6.45, 7) is 3.24. The van der Waals surface area contributed by atoms with Crippen LogP contribution in [0.2, 0.25) is 0 Å². The van der Waals surface area contributed by atoms with Crippen molar-refractivity contribution < 1.29 is 19.2 Å². The number of carbonyl (C=O) groups is 1. The molecule has 0 heterocycles. The SMILES string of the molecule is C=CCN(CCO)C(=O)c1cc(F)ccc1[N+](=O)[O-]. The van der Waals surface area contributed by atoms with Crippen LogP contribution >= 0.6 is 0 Å². The first-order valence-electron chi connectivity index (χ1n) is 5.46. The van der Waals surface area contributed by atoms with Crippen LogP contribution in [-0.4, -0.2) is 40.5 Å². The minimum atomic E-state index is -0.752. The summed E-state index contributed by atoms with van der Waals surface area (Å²) in [7, 11) is 0. The summed E-state index contributed by atoms with van der Waals surface area (Å²) >= 11 is 0. The van der Waals surface area contributed by atoms with Crippen LogP contribution in [0, 0.1) is 15.9 Å². The zero-order valence-corrected chi connectivity index (χ0v) is 10.1. The standard InChI is InChI=1S/C12H13FN2O4/c1-2-5-14(6-7-16)12(17)10-8-9(13)3-4-11(10)15(18)19/h2-4,8,16H,1,5-7H2. The Labute approximate surface area is 108 Å². The highest BCUT2D eigenvalue weighted by Crippen LogP contribution is 2.21. The Bertz CT molecular complexity index is 505. The molecular weight excluding hydrogens is 255 g/mol. The van der Waals surface area contributed by atoms with Crippen molar-refractivity contribution in [1.82, 2.24) is 4.90 Å². The predicted molar refractivity (Wildman–Crippen MR) is 66.2 cm³/mol. The third-order valence-electron chi connectivity index (χ3n) is 2.39. The Balaban J connectivity index is 3.18. The molecule has 0 bridgehead atoms. The predicted octanol–water partition coefficient (Wildman–Crippen LogP) is 1.35. The molecule has 0 saturated carbocycles. The molecule has 0 aliphatic carbocycles. The van der Waals surface area contributed by atoms with Gasteiger partial charge in [-0.1, -0.05) is 6.08 Å². The third-order valence-corrected chi connectivity index (χ3v) is 2.39. The van der Waals surface area contributed by atoms with E-state index in [9.17, 15) is 19.3 Å². The molecule has 19 heavy (non-hydrogen) atoms. The van der Waals surface area contributed by atoms with Crippen molar-refractivity contribution in [3.05, 3.63) is 52.3 Å². The molecule has 0 unspecified atom stereocenters. The van der Waals surface area contributed by atoms with Gasteiger partial charge < -0.3 is 10.0 Å². The maximum atomic E-state index is 13.1. The van der Waals surface area contributed by atoms with E-state index in [1.807, 2.05) is 0 Å². The molecule has 0 spiro atoms. The Hall–Kier alpha value is -2.28. The second kappa shape index (κ2) is 6.60. The van der Waals surface area contributed by atoms with E-state index in [1.165, 1.54) is 6.08 Å². The first-order chi connectivity index (χ1) is 9.01. The quantitative estimate of drug-likeness (QED) is 0.479. The molecule has 102 valence electrons. The molecule has 1 N–H and O–H groups in total. The van der Waals surface area contributed by atoms with Gasteiger partial charge in [-0.25, -0.2) is 4.39 Å². The lowest BCUT2D eigenvalue weighted by Crippen LogP contribution is -2.34. The van der Waals surface area contributed by atoms with Crippen LogP contribution in [0.3, 0.4) is 0 Å². The van der Waals surface area contributed by atoms with E-state index in [4.69, 9.17) is 5.11 Å². The number of rotatable bonds is 6. The van der Waals surface area contributed by atoms with E-state index >= 15 is 0 Å². The second-order valence-corrected chi connectivity index (χ2v) is 3.68. The van der Waals surface area contributed by atoms with Crippen molar-refractivity contribution in [3.63, 3.8) is 0 Å². The van der Waals surface area contributed by atoms with E-state index in [0.29, 0.717) is 0 Å². The maximum absolute atomic E-state index is 13.1. The first-order valence-corrected chi connectivity index (χ1v) is 5.46. The summed E-state index contributed by atoms with van der Waals surface area (Å²) in [4.78, 5) is 23.3. The normalized spacial score (nSPS) is 10.0. The van der Waals surface area contributed by atoms with Crippen molar-refractivity contribution in [2.45, 2.75) is 0 Å². The van der Waals surface area contributed by atoms with Crippen LogP contribution in [0.25, 0.3) is 0 Å². The number of aliphatic hydroxyl groups is 1. The number of nitro groups is 1. The summed E-state index contributed by atoms with van der Waals surface area (Å²) in [5, 5.41) is 19.7. The van der Waals surface area contributed by atoms with Gasteiger partial charge in [-0.15, -0.1) is 6.58 Å². The zero-order chi connectivity index (χ0) is 14.4. The molecule has 0 saturated heterocycles. The number of amides is 1. The maximum Gasteiger partial charge on any atom is 0.282 e. The number of carbonyl (C=O) groups excluding carboxylic acids is 1. The number of aliphatic hydroxyl groups excluding tert-OH is 1. The van der Waals surface area contributed by atoms with Crippen molar-refractivity contribution >= 4 is 11.6 Å². The molecule has 1 aromatic rings. The van der Waals surface area contributed by atoms with Crippen molar-refractivity contribution in [2.24, 2.45) is 0 Å². The van der Waals surface area contributed by atoms with Crippen LogP contribution in [-0.2, 0) is 0 Å². The number of halogens is 1. The monoisotopic (exact) mass is 268 g/mol. The third kappa shape index (κ3) is 3.59. The number of benzene rings is 1. The topological polar surface area (TPSA) is 83.7 Å². The van der Waals surface area contributed by atoms with Gasteiger partial charge in [0.15, 0.2) is 0 Å². The van der Waals surface area contributed by atoms with Gasteiger partial charge in [0.2, 0.25) is 0 Å². The molecule has 0 radical (unpaired) electrons. The fraction of sp³-hybridized carbons (Fsp3) is 0.250. The molecule has 1 aromatic carbocycles. The molecule has 0 atom stereocenters. The molecule has 1 amide bonds. The molecular formula is C12H13FN2O4. The molecule has 0 aromatic heterocycles. The van der Waals surface area contributed by atoms with Crippen LogP contribution in [0.4, 0.5) is 10.1 Å². The van der Waals surface area contributed by atoms with E-state index in [1.54, 1.807) is 0 Å². The summed E-state index contributed by atoms with van der Waals surface area (Å²) < 4.78 is 13.1. The van der Waals surface area contributed by atoms with Crippen LogP contribution < -0.4 is 0 Å². The second-order valence-electron chi connectivity index (χ2n) is 3.68. The fourth-order valence-corrected chi connectivity index (χ4v) is 1.56. The largest absolute Gasteiger partial charge is 0.395 e. The van der Waals surface area contributed by atoms with E-state index in [-0.39, 0.29) is 25.3 Å². The van der Waals surface area contributed by atoms with Gasteiger partial charge in [-0.3, -0.25) is 14.9 Å². The van der Waals surface area contributed by atoms with Gasteiger partial charge in [0, 0.05) is 19.2 Å². The highest BCUT2D eigenvalue weighted by molar-refractivity contribution is 5.98. The molecule has 0 aliphatic heterocycles. The lowest BCUT2D eigenvalue weighted by molar-refractivity contribution is -0.385. The molecule has 7 heteroatoms. The van der Waals surface area contributed by atoms with E-state index in [0.717, 1.165) is 23.1 Å². The van der Waals surface area contributed by atoms with Gasteiger partial charge >= 0.3 is 0 Å². The number of hydrogen-bond donors (Lipinski definition) is 1. The van der Waals surface area contributed by atoms with Crippen molar-refractivity contribution in [2.75, 3.05) is 19.7 Å². The van der Waals surface area contributed by atoms with Gasteiger partial charge in [-0.2, -0.15) is 0 Å². The fourth-order valence-electron chi connectivity index (χ4n) is 1.56. The molecule has 0 fully saturated rings. The summed E-state index contributed by atoms with van der Waals surface area (Å²) in [6.07, 6.45) is 1.42. The van der Waals surface area contributed by atoms with E-state index < -0.39 is 22.3 Å². The number of hydrogen-bond acceptors (Lipinski definition) is 4. The average Bonchev–Trinajstić information content (AvgIpc) is 2.37. The smallest absolute Gasteiger partial charge is 0.282 e. The Morgan fingerprint density at radius 3 is 2.79 bits per heavy atom. The minimum absolute atomic E-state index is 0.0154. The average molecular weight is 268 g/mol. The van der Waals surface area contributed by atoms with Crippen LogP contribution in [0.15, 0.2) is 30.9 Å². The summed E-state index contributed by atoms with van der Waals surface area (Å²) in [6, 6.07) is 2.67. The molecule has 0 aliphatic rings. The lowest BCUT2D eigenvalue weighted by Gasteiger charge is -2.19. The van der Waals surface area contributed by atoms with Crippen LogP contribution in [0.5, 0.6) is 0 Å². The first kappa shape index (κ1) is 14.8. The van der Waals surface area contributed by atoms with Gasteiger partial charge in [0.05, 0.1) is 11.5 Å². The van der Waals surface area contributed by atoms with E-state index in [2.05, 4.69) is 6.58 Å². The van der Waals surface area contributed by atoms with Crippen molar-refractivity contribution in [1.29, 1.82) is 0 Å². The Kier molecular flexibility index (Phi) is 5.13. The van der Waals surface area contributed by atoms with Crippen LogP contribution in [0.1, 0.15) is 10.4 Å². The van der Waals surface area contributed by atoms with Gasteiger partial charge in [0.25, 0.3) is 11.6 Å².